The maximum absolute atomic E-state index is 8.72. The summed E-state index contributed by atoms with van der Waals surface area (Å²) in [5.74, 6) is 1.51. The van der Waals surface area contributed by atoms with E-state index in [1.165, 1.54) is 0 Å². The lowest BCUT2D eigenvalue weighted by molar-refractivity contribution is 0.343. The SMILES string of the molecule is COc1cc(/C=C/CO)ccc1O[Si](C)(C)C. The highest BCUT2D eigenvalue weighted by molar-refractivity contribution is 6.70. The summed E-state index contributed by atoms with van der Waals surface area (Å²) < 4.78 is 11.2. The maximum atomic E-state index is 8.72. The Labute approximate surface area is 104 Å². The van der Waals surface area contributed by atoms with Gasteiger partial charge in [0.15, 0.2) is 5.75 Å². The van der Waals surface area contributed by atoms with Crippen LogP contribution in [-0.2, 0) is 0 Å². The van der Waals surface area contributed by atoms with Gasteiger partial charge in [0, 0.05) is 0 Å². The Morgan fingerprint density at radius 2 is 1.94 bits per heavy atom. The molecule has 17 heavy (non-hydrogen) atoms. The van der Waals surface area contributed by atoms with Gasteiger partial charge in [-0.2, -0.15) is 0 Å². The first-order valence-corrected chi connectivity index (χ1v) is 9.01. The predicted octanol–water partition coefficient (Wildman–Crippen LogP) is 2.91. The van der Waals surface area contributed by atoms with Crippen LogP contribution in [0.1, 0.15) is 5.56 Å². The molecule has 94 valence electrons. The molecule has 0 bridgehead atoms. The first-order valence-electron chi connectivity index (χ1n) is 5.61. The zero-order valence-corrected chi connectivity index (χ0v) is 11.9. The normalized spacial score (nSPS) is 11.8. The minimum absolute atomic E-state index is 0.0372. The van der Waals surface area contributed by atoms with E-state index in [1.807, 2.05) is 24.3 Å². The molecule has 0 atom stereocenters. The van der Waals surface area contributed by atoms with E-state index in [-0.39, 0.29) is 6.61 Å². The Bertz CT molecular complexity index is 394. The molecule has 0 amide bonds. The van der Waals surface area contributed by atoms with Gasteiger partial charge in [0.2, 0.25) is 8.32 Å². The number of hydrogen-bond acceptors (Lipinski definition) is 3. The lowest BCUT2D eigenvalue weighted by Crippen LogP contribution is -2.29. The average Bonchev–Trinajstić information content (AvgIpc) is 2.25. The fourth-order valence-electron chi connectivity index (χ4n) is 1.39. The second-order valence-electron chi connectivity index (χ2n) is 4.71. The number of aliphatic hydroxyl groups is 1. The van der Waals surface area contributed by atoms with Gasteiger partial charge in [0.1, 0.15) is 5.75 Å². The summed E-state index contributed by atoms with van der Waals surface area (Å²) in [6.45, 7) is 6.43. The minimum atomic E-state index is -1.63. The maximum Gasteiger partial charge on any atom is 0.242 e. The number of hydrogen-bond donors (Lipinski definition) is 1. The van der Waals surface area contributed by atoms with Crippen molar-refractivity contribution in [2.24, 2.45) is 0 Å². The third kappa shape index (κ3) is 4.62. The van der Waals surface area contributed by atoms with E-state index in [2.05, 4.69) is 19.6 Å². The smallest absolute Gasteiger partial charge is 0.242 e. The van der Waals surface area contributed by atoms with Crippen LogP contribution in [-0.4, -0.2) is 27.1 Å². The summed E-state index contributed by atoms with van der Waals surface area (Å²) in [5, 5.41) is 8.72. The van der Waals surface area contributed by atoms with Gasteiger partial charge in [0.05, 0.1) is 13.7 Å². The van der Waals surface area contributed by atoms with Gasteiger partial charge in [-0.1, -0.05) is 18.2 Å². The molecule has 0 aromatic heterocycles. The Morgan fingerprint density at radius 1 is 1.24 bits per heavy atom. The standard InChI is InChI=1S/C13H20O3Si/c1-15-13-10-11(6-5-9-14)7-8-12(13)16-17(2,3)4/h5-8,10,14H,9H2,1-4H3/b6-5+. The van der Waals surface area contributed by atoms with Crippen molar-refractivity contribution in [3.05, 3.63) is 29.8 Å². The van der Waals surface area contributed by atoms with Crippen LogP contribution < -0.4 is 9.16 Å². The molecule has 0 aliphatic carbocycles. The van der Waals surface area contributed by atoms with Crippen molar-refractivity contribution in [2.45, 2.75) is 19.6 Å². The van der Waals surface area contributed by atoms with Gasteiger partial charge in [0.25, 0.3) is 0 Å². The van der Waals surface area contributed by atoms with Crippen LogP contribution in [0, 0.1) is 0 Å². The molecule has 0 spiro atoms. The molecule has 4 heteroatoms. The molecule has 0 fully saturated rings. The van der Waals surface area contributed by atoms with Gasteiger partial charge in [-0.25, -0.2) is 0 Å². The Balaban J connectivity index is 2.97. The number of methoxy groups -OCH3 is 1. The van der Waals surface area contributed by atoms with Crippen LogP contribution in [0.4, 0.5) is 0 Å². The third-order valence-corrected chi connectivity index (χ3v) is 2.85. The monoisotopic (exact) mass is 252 g/mol. The quantitative estimate of drug-likeness (QED) is 0.819. The molecule has 1 aromatic carbocycles. The lowest BCUT2D eigenvalue weighted by atomic mass is 10.2. The lowest BCUT2D eigenvalue weighted by Gasteiger charge is -2.21. The highest BCUT2D eigenvalue weighted by atomic mass is 28.4. The molecule has 0 saturated carbocycles. The highest BCUT2D eigenvalue weighted by Crippen LogP contribution is 2.30. The molecular formula is C13H20O3Si. The van der Waals surface area contributed by atoms with Crippen LogP contribution in [0.5, 0.6) is 11.5 Å². The number of ether oxygens (including phenoxy) is 1. The van der Waals surface area contributed by atoms with E-state index in [0.29, 0.717) is 0 Å². The van der Waals surface area contributed by atoms with Crippen molar-refractivity contribution in [1.82, 2.24) is 0 Å². The van der Waals surface area contributed by atoms with Crippen molar-refractivity contribution in [3.63, 3.8) is 0 Å². The van der Waals surface area contributed by atoms with Crippen molar-refractivity contribution in [1.29, 1.82) is 0 Å². The van der Waals surface area contributed by atoms with E-state index in [1.54, 1.807) is 13.2 Å². The highest BCUT2D eigenvalue weighted by Gasteiger charge is 2.18. The summed E-state index contributed by atoms with van der Waals surface area (Å²) in [6, 6.07) is 5.76. The summed E-state index contributed by atoms with van der Waals surface area (Å²) in [7, 11) is 0.00442. The minimum Gasteiger partial charge on any atom is -0.542 e. The van der Waals surface area contributed by atoms with Gasteiger partial charge in [-0.15, -0.1) is 0 Å². The molecule has 1 rings (SSSR count). The van der Waals surface area contributed by atoms with E-state index in [4.69, 9.17) is 14.3 Å². The first-order chi connectivity index (χ1) is 7.96. The zero-order valence-electron chi connectivity index (χ0n) is 10.9. The Kier molecular flexibility index (Phi) is 4.78. The molecule has 1 aromatic rings. The van der Waals surface area contributed by atoms with E-state index < -0.39 is 8.32 Å². The summed E-state index contributed by atoms with van der Waals surface area (Å²) >= 11 is 0. The van der Waals surface area contributed by atoms with Crippen LogP contribution in [0.25, 0.3) is 6.08 Å². The summed E-state index contributed by atoms with van der Waals surface area (Å²) in [4.78, 5) is 0. The van der Waals surface area contributed by atoms with E-state index in [9.17, 15) is 0 Å². The molecule has 0 aliphatic heterocycles. The zero-order chi connectivity index (χ0) is 12.9. The van der Waals surface area contributed by atoms with Crippen LogP contribution in [0.15, 0.2) is 24.3 Å². The largest absolute Gasteiger partial charge is 0.542 e. The predicted molar refractivity (Wildman–Crippen MR) is 73.1 cm³/mol. The number of aliphatic hydroxyl groups excluding tert-OH is 1. The van der Waals surface area contributed by atoms with Gasteiger partial charge in [-0.05, 0) is 37.3 Å². The van der Waals surface area contributed by atoms with Crippen molar-refractivity contribution in [3.8, 4) is 11.5 Å². The van der Waals surface area contributed by atoms with Crippen LogP contribution >= 0.6 is 0 Å². The second kappa shape index (κ2) is 5.89. The Morgan fingerprint density at radius 3 is 2.47 bits per heavy atom. The average molecular weight is 252 g/mol. The number of benzene rings is 1. The molecular weight excluding hydrogens is 232 g/mol. The Hall–Kier alpha value is -1.26. The van der Waals surface area contributed by atoms with E-state index >= 15 is 0 Å². The van der Waals surface area contributed by atoms with E-state index in [0.717, 1.165) is 17.1 Å². The van der Waals surface area contributed by atoms with Crippen LogP contribution in [0.3, 0.4) is 0 Å². The molecule has 0 unspecified atom stereocenters. The fraction of sp³-hybridized carbons (Fsp3) is 0.385. The van der Waals surface area contributed by atoms with Gasteiger partial charge < -0.3 is 14.3 Å². The van der Waals surface area contributed by atoms with Crippen molar-refractivity contribution < 1.29 is 14.3 Å². The third-order valence-electron chi connectivity index (χ3n) is 2.02. The van der Waals surface area contributed by atoms with Crippen molar-refractivity contribution >= 4 is 14.4 Å². The number of rotatable bonds is 5. The van der Waals surface area contributed by atoms with Gasteiger partial charge in [-0.3, -0.25) is 0 Å². The second-order valence-corrected chi connectivity index (χ2v) is 9.14. The summed E-state index contributed by atoms with van der Waals surface area (Å²) in [6.07, 6.45) is 3.54. The molecule has 0 aliphatic rings. The van der Waals surface area contributed by atoms with Crippen LogP contribution in [0.2, 0.25) is 19.6 Å². The topological polar surface area (TPSA) is 38.7 Å². The molecule has 0 radical (unpaired) electrons. The summed E-state index contributed by atoms with van der Waals surface area (Å²) in [5.41, 5.74) is 0.985. The molecule has 0 saturated heterocycles. The fourth-order valence-corrected chi connectivity index (χ4v) is 2.22. The molecule has 1 N–H and O–H groups in total. The van der Waals surface area contributed by atoms with Crippen molar-refractivity contribution in [2.75, 3.05) is 13.7 Å². The molecule has 3 nitrogen and oxygen atoms in total. The van der Waals surface area contributed by atoms with Gasteiger partial charge >= 0.3 is 0 Å². The molecule has 0 heterocycles. The first kappa shape index (κ1) is 13.8.